The molecule has 0 aromatic rings. The molecule has 1 fully saturated rings. The van der Waals surface area contributed by atoms with Gasteiger partial charge in [0.15, 0.2) is 0 Å². The van der Waals surface area contributed by atoms with E-state index in [1.54, 1.807) is 0 Å². The topological polar surface area (TPSA) is 21.3 Å². The Morgan fingerprint density at radius 1 is 1.38 bits per heavy atom. The van der Waals surface area contributed by atoms with Gasteiger partial charge in [0, 0.05) is 6.04 Å². The lowest BCUT2D eigenvalue weighted by Crippen LogP contribution is -2.38. The van der Waals surface area contributed by atoms with Gasteiger partial charge in [-0.3, -0.25) is 0 Å². The largest absolute Gasteiger partial charge is 0.377 e. The highest BCUT2D eigenvalue weighted by Crippen LogP contribution is 2.26. The Morgan fingerprint density at radius 3 is 2.69 bits per heavy atom. The van der Waals surface area contributed by atoms with E-state index < -0.39 is 0 Å². The average Bonchev–Trinajstić information content (AvgIpc) is 2.29. The van der Waals surface area contributed by atoms with Crippen LogP contribution in [0.25, 0.3) is 0 Å². The zero-order valence-corrected chi connectivity index (χ0v) is 11.5. The summed E-state index contributed by atoms with van der Waals surface area (Å²) in [4.78, 5) is 0. The Balaban J connectivity index is 2.26. The Hall–Kier alpha value is -0.0800. The van der Waals surface area contributed by atoms with E-state index in [4.69, 9.17) is 4.74 Å². The van der Waals surface area contributed by atoms with Crippen LogP contribution < -0.4 is 5.32 Å². The van der Waals surface area contributed by atoms with Crippen LogP contribution in [0.4, 0.5) is 0 Å². The fourth-order valence-corrected chi connectivity index (χ4v) is 2.59. The van der Waals surface area contributed by atoms with Gasteiger partial charge >= 0.3 is 0 Å². The highest BCUT2D eigenvalue weighted by molar-refractivity contribution is 4.74. The third kappa shape index (κ3) is 4.42. The van der Waals surface area contributed by atoms with E-state index in [1.807, 2.05) is 7.05 Å². The van der Waals surface area contributed by atoms with Crippen molar-refractivity contribution in [3.8, 4) is 0 Å². The SMILES string of the molecule is CCC(C)C(COC1CCCC(C)C1)NC. The minimum Gasteiger partial charge on any atom is -0.377 e. The van der Waals surface area contributed by atoms with Gasteiger partial charge in [-0.2, -0.15) is 0 Å². The summed E-state index contributed by atoms with van der Waals surface area (Å²) in [6, 6.07) is 0.516. The molecule has 1 saturated carbocycles. The number of hydrogen-bond acceptors (Lipinski definition) is 2. The van der Waals surface area contributed by atoms with Crippen LogP contribution in [0.5, 0.6) is 0 Å². The summed E-state index contributed by atoms with van der Waals surface area (Å²) in [7, 11) is 2.05. The molecule has 2 nitrogen and oxygen atoms in total. The summed E-state index contributed by atoms with van der Waals surface area (Å²) >= 11 is 0. The van der Waals surface area contributed by atoms with Crippen LogP contribution in [-0.4, -0.2) is 25.8 Å². The van der Waals surface area contributed by atoms with Gasteiger partial charge in [0.05, 0.1) is 12.7 Å². The first-order chi connectivity index (χ1) is 7.67. The third-order valence-electron chi connectivity index (χ3n) is 4.10. The van der Waals surface area contributed by atoms with E-state index in [9.17, 15) is 0 Å². The summed E-state index contributed by atoms with van der Waals surface area (Å²) < 4.78 is 6.07. The van der Waals surface area contributed by atoms with Crippen molar-refractivity contribution in [2.45, 2.75) is 65.0 Å². The number of nitrogens with one attached hydrogen (secondary N) is 1. The van der Waals surface area contributed by atoms with Gasteiger partial charge < -0.3 is 10.1 Å². The molecule has 0 bridgehead atoms. The lowest BCUT2D eigenvalue weighted by Gasteiger charge is -2.30. The summed E-state index contributed by atoms with van der Waals surface area (Å²) in [5, 5.41) is 3.38. The zero-order chi connectivity index (χ0) is 12.0. The van der Waals surface area contributed by atoms with Gasteiger partial charge in [0.1, 0.15) is 0 Å². The first-order valence-electron chi connectivity index (χ1n) is 6.96. The quantitative estimate of drug-likeness (QED) is 0.752. The molecule has 0 radical (unpaired) electrons. The standard InChI is InChI=1S/C14H29NO/c1-5-12(3)14(15-4)10-16-13-8-6-7-11(2)9-13/h11-15H,5-10H2,1-4H3. The van der Waals surface area contributed by atoms with Gasteiger partial charge in [-0.05, 0) is 31.7 Å². The maximum Gasteiger partial charge on any atom is 0.0625 e. The van der Waals surface area contributed by atoms with Crippen molar-refractivity contribution in [1.82, 2.24) is 5.32 Å². The van der Waals surface area contributed by atoms with Crippen molar-refractivity contribution in [1.29, 1.82) is 0 Å². The van der Waals surface area contributed by atoms with Crippen molar-refractivity contribution < 1.29 is 4.74 Å². The number of likely N-dealkylation sites (N-methyl/N-ethyl adjacent to an activating group) is 1. The second kappa shape index (κ2) is 7.29. The normalized spacial score (nSPS) is 30.0. The molecule has 1 aliphatic carbocycles. The monoisotopic (exact) mass is 227 g/mol. The summed E-state index contributed by atoms with van der Waals surface area (Å²) in [5.41, 5.74) is 0. The fourth-order valence-electron chi connectivity index (χ4n) is 2.59. The first-order valence-corrected chi connectivity index (χ1v) is 6.96. The van der Waals surface area contributed by atoms with Gasteiger partial charge in [0.2, 0.25) is 0 Å². The molecule has 96 valence electrons. The average molecular weight is 227 g/mol. The molecule has 4 unspecified atom stereocenters. The number of rotatable bonds is 6. The summed E-state index contributed by atoms with van der Waals surface area (Å²) in [6.07, 6.45) is 7.00. The minimum atomic E-state index is 0.516. The van der Waals surface area contributed by atoms with E-state index in [0.29, 0.717) is 18.1 Å². The van der Waals surface area contributed by atoms with E-state index in [1.165, 1.54) is 32.1 Å². The second-order valence-corrected chi connectivity index (χ2v) is 5.51. The summed E-state index contributed by atoms with van der Waals surface area (Å²) in [5.74, 6) is 1.56. The second-order valence-electron chi connectivity index (χ2n) is 5.51. The maximum atomic E-state index is 6.07. The summed E-state index contributed by atoms with van der Waals surface area (Å²) in [6.45, 7) is 7.77. The molecular weight excluding hydrogens is 198 g/mol. The molecule has 16 heavy (non-hydrogen) atoms. The molecule has 1 rings (SSSR count). The molecule has 0 spiro atoms. The fraction of sp³-hybridized carbons (Fsp3) is 1.00. The zero-order valence-electron chi connectivity index (χ0n) is 11.5. The van der Waals surface area contributed by atoms with Crippen LogP contribution in [0.2, 0.25) is 0 Å². The first kappa shape index (κ1) is 14.0. The lowest BCUT2D eigenvalue weighted by molar-refractivity contribution is -0.00172. The van der Waals surface area contributed by atoms with Crippen LogP contribution in [0.15, 0.2) is 0 Å². The van der Waals surface area contributed by atoms with E-state index in [2.05, 4.69) is 26.1 Å². The van der Waals surface area contributed by atoms with E-state index in [0.717, 1.165) is 12.5 Å². The Labute approximate surface area is 101 Å². The Kier molecular flexibility index (Phi) is 6.37. The molecule has 0 amide bonds. The Bertz CT molecular complexity index is 184. The predicted molar refractivity (Wildman–Crippen MR) is 69.7 cm³/mol. The molecule has 0 aliphatic heterocycles. The molecule has 0 saturated heterocycles. The van der Waals surface area contributed by atoms with Crippen molar-refractivity contribution in [3.05, 3.63) is 0 Å². The molecule has 4 atom stereocenters. The smallest absolute Gasteiger partial charge is 0.0625 e. The molecule has 1 N–H and O–H groups in total. The van der Waals surface area contributed by atoms with Crippen LogP contribution in [0.1, 0.15) is 52.9 Å². The molecule has 1 aliphatic rings. The van der Waals surface area contributed by atoms with E-state index in [-0.39, 0.29) is 0 Å². The highest BCUT2D eigenvalue weighted by atomic mass is 16.5. The van der Waals surface area contributed by atoms with Gasteiger partial charge in [-0.15, -0.1) is 0 Å². The lowest BCUT2D eigenvalue weighted by atomic mass is 9.88. The van der Waals surface area contributed by atoms with Crippen LogP contribution in [0, 0.1) is 11.8 Å². The van der Waals surface area contributed by atoms with Gasteiger partial charge in [0.25, 0.3) is 0 Å². The highest BCUT2D eigenvalue weighted by Gasteiger charge is 2.21. The van der Waals surface area contributed by atoms with Gasteiger partial charge in [-0.25, -0.2) is 0 Å². The molecule has 0 aromatic heterocycles. The van der Waals surface area contributed by atoms with Crippen LogP contribution >= 0.6 is 0 Å². The number of ether oxygens (including phenoxy) is 1. The molecular formula is C14H29NO. The molecule has 0 aromatic carbocycles. The van der Waals surface area contributed by atoms with Crippen LogP contribution in [0.3, 0.4) is 0 Å². The third-order valence-corrected chi connectivity index (χ3v) is 4.10. The van der Waals surface area contributed by atoms with Crippen LogP contribution in [-0.2, 0) is 4.74 Å². The van der Waals surface area contributed by atoms with Crippen molar-refractivity contribution >= 4 is 0 Å². The molecule has 2 heteroatoms. The van der Waals surface area contributed by atoms with Crippen molar-refractivity contribution in [3.63, 3.8) is 0 Å². The van der Waals surface area contributed by atoms with Crippen molar-refractivity contribution in [2.75, 3.05) is 13.7 Å². The predicted octanol–water partition coefficient (Wildman–Crippen LogP) is 3.22. The minimum absolute atomic E-state index is 0.516. The molecule has 0 heterocycles. The van der Waals surface area contributed by atoms with Crippen molar-refractivity contribution in [2.24, 2.45) is 11.8 Å². The van der Waals surface area contributed by atoms with Gasteiger partial charge in [-0.1, -0.05) is 40.0 Å². The Morgan fingerprint density at radius 2 is 2.12 bits per heavy atom. The van der Waals surface area contributed by atoms with E-state index >= 15 is 0 Å². The maximum absolute atomic E-state index is 6.07. The number of hydrogen-bond donors (Lipinski definition) is 1.